The van der Waals surface area contributed by atoms with Crippen molar-refractivity contribution in [2.75, 3.05) is 0 Å². The fraction of sp³-hybridized carbons (Fsp3) is 0.0455. The lowest BCUT2D eigenvalue weighted by molar-refractivity contribution is 0.906. The monoisotopic (exact) mass is 518 g/mol. The Morgan fingerprint density at radius 2 is 1.47 bits per heavy atom. The zero-order valence-corrected chi connectivity index (χ0v) is 19.7. The molecule has 10 heteroatoms. The third-order valence-electron chi connectivity index (χ3n) is 4.95. The van der Waals surface area contributed by atoms with Crippen molar-refractivity contribution in [2.45, 2.75) is 5.92 Å². The largest absolute Gasteiger partial charge is 0.384 e. The number of fused-ring (bicyclic) bond motifs is 1. The Bertz CT molecular complexity index is 1550. The molecular formula is C22H10Cl4N4OS. The van der Waals surface area contributed by atoms with Crippen molar-refractivity contribution < 1.29 is 0 Å². The summed E-state index contributed by atoms with van der Waals surface area (Å²) in [6.07, 6.45) is 1.54. The second-order valence-electron chi connectivity index (χ2n) is 6.70. The number of thiazole rings is 1. The minimum Gasteiger partial charge on any atom is -0.384 e. The molecule has 2 aromatic carbocycles. The van der Waals surface area contributed by atoms with Crippen LogP contribution in [-0.4, -0.2) is 4.57 Å². The van der Waals surface area contributed by atoms with E-state index < -0.39 is 11.5 Å². The highest BCUT2D eigenvalue weighted by molar-refractivity contribution is 7.07. The highest BCUT2D eigenvalue weighted by Gasteiger charge is 2.34. The van der Waals surface area contributed by atoms with Gasteiger partial charge in [0.25, 0.3) is 5.56 Å². The van der Waals surface area contributed by atoms with Crippen LogP contribution in [0.25, 0.3) is 17.5 Å². The first kappa shape index (κ1) is 22.5. The summed E-state index contributed by atoms with van der Waals surface area (Å²) in [5.41, 5.74) is 6.74. The molecule has 158 valence electrons. The van der Waals surface area contributed by atoms with Crippen LogP contribution in [0.4, 0.5) is 0 Å². The molecule has 32 heavy (non-hydrogen) atoms. The van der Waals surface area contributed by atoms with E-state index in [1.54, 1.807) is 36.4 Å². The van der Waals surface area contributed by atoms with Crippen LogP contribution in [0.2, 0.25) is 20.1 Å². The fourth-order valence-corrected chi connectivity index (χ4v) is 5.74. The quantitative estimate of drug-likeness (QED) is 0.540. The molecule has 1 atom stereocenters. The molecular weight excluding hydrogens is 510 g/mol. The summed E-state index contributed by atoms with van der Waals surface area (Å²) in [6.45, 7) is 0. The molecule has 1 aromatic heterocycles. The number of benzene rings is 2. The molecule has 0 fully saturated rings. The molecule has 5 nitrogen and oxygen atoms in total. The van der Waals surface area contributed by atoms with Gasteiger partial charge in [-0.3, -0.25) is 9.36 Å². The predicted octanol–water partition coefficient (Wildman–Crippen LogP) is 4.47. The first-order valence-electron chi connectivity index (χ1n) is 8.96. The van der Waals surface area contributed by atoms with Crippen LogP contribution in [0.3, 0.4) is 0 Å². The van der Waals surface area contributed by atoms with Gasteiger partial charge in [0.15, 0.2) is 0 Å². The average Bonchev–Trinajstić information content (AvgIpc) is 3.07. The Hall–Kier alpha value is -2.71. The van der Waals surface area contributed by atoms with Crippen molar-refractivity contribution in [1.82, 2.24) is 4.57 Å². The van der Waals surface area contributed by atoms with Crippen molar-refractivity contribution in [3.8, 4) is 12.1 Å². The maximum absolute atomic E-state index is 13.2. The van der Waals surface area contributed by atoms with Gasteiger partial charge in [0.05, 0.1) is 33.7 Å². The SMILES string of the molecule is N#CC1=C(N)n2c(s/c(=C\c3c(Cl)cccc3Cl)c2=O)=C(C#N)C1c1c(Cl)cccc1Cl. The van der Waals surface area contributed by atoms with E-state index in [0.29, 0.717) is 21.2 Å². The Morgan fingerprint density at radius 3 is 2.00 bits per heavy atom. The Balaban J connectivity index is 2.13. The second-order valence-corrected chi connectivity index (χ2v) is 9.36. The Morgan fingerprint density at radius 1 is 0.938 bits per heavy atom. The minimum absolute atomic E-state index is 0.00581. The van der Waals surface area contributed by atoms with Gasteiger partial charge in [-0.05, 0) is 30.3 Å². The molecule has 0 spiro atoms. The van der Waals surface area contributed by atoms with Crippen LogP contribution in [0.1, 0.15) is 17.0 Å². The van der Waals surface area contributed by atoms with E-state index >= 15 is 0 Å². The van der Waals surface area contributed by atoms with Crippen molar-refractivity contribution >= 4 is 75.2 Å². The van der Waals surface area contributed by atoms with E-state index in [-0.39, 0.29) is 36.2 Å². The van der Waals surface area contributed by atoms with E-state index in [4.69, 9.17) is 52.1 Å². The second kappa shape index (κ2) is 8.67. The lowest BCUT2D eigenvalue weighted by Crippen LogP contribution is -2.38. The number of hydrogen-bond acceptors (Lipinski definition) is 5. The molecule has 1 aliphatic heterocycles. The minimum atomic E-state index is -0.916. The number of nitrogens with zero attached hydrogens (tertiary/aromatic N) is 3. The lowest BCUT2D eigenvalue weighted by Gasteiger charge is -2.23. The van der Waals surface area contributed by atoms with Gasteiger partial charge in [-0.1, -0.05) is 58.5 Å². The zero-order valence-electron chi connectivity index (χ0n) is 15.9. The Kier molecular flexibility index (Phi) is 6.09. The summed E-state index contributed by atoms with van der Waals surface area (Å²) in [7, 11) is 0. The molecule has 1 unspecified atom stereocenters. The van der Waals surface area contributed by atoms with Gasteiger partial charge in [-0.25, -0.2) is 0 Å². The number of halogens is 4. The first-order chi connectivity index (χ1) is 15.3. The molecule has 0 aliphatic carbocycles. The smallest absolute Gasteiger partial charge is 0.274 e. The summed E-state index contributed by atoms with van der Waals surface area (Å²) in [6, 6.07) is 14.0. The van der Waals surface area contributed by atoms with Gasteiger partial charge < -0.3 is 5.73 Å². The summed E-state index contributed by atoms with van der Waals surface area (Å²) in [5, 5.41) is 21.2. The number of hydrogen-bond donors (Lipinski definition) is 1. The van der Waals surface area contributed by atoms with Gasteiger partial charge in [0.1, 0.15) is 10.5 Å². The normalized spacial score (nSPS) is 16.0. The summed E-state index contributed by atoms with van der Waals surface area (Å²) in [4.78, 5) is 13.2. The standard InChI is InChI=1S/C22H10Cl4N4OS/c23-13-3-1-4-14(24)10(13)7-17-21(31)30-20(29)11(8-27)18(12(9-28)22(30)32-17)19-15(25)5-2-6-16(19)26/h1-7,18H,29H2/b17-7-. The van der Waals surface area contributed by atoms with E-state index in [1.807, 2.05) is 6.07 Å². The van der Waals surface area contributed by atoms with Crippen LogP contribution >= 0.6 is 57.7 Å². The van der Waals surface area contributed by atoms with Gasteiger partial charge in [-0.15, -0.1) is 11.3 Å². The van der Waals surface area contributed by atoms with Crippen molar-refractivity contribution in [1.29, 1.82) is 10.5 Å². The Labute approximate surface area is 206 Å². The van der Waals surface area contributed by atoms with Crippen molar-refractivity contribution in [2.24, 2.45) is 5.73 Å². The van der Waals surface area contributed by atoms with E-state index in [9.17, 15) is 15.3 Å². The topological polar surface area (TPSA) is 95.6 Å². The van der Waals surface area contributed by atoms with Crippen LogP contribution in [-0.2, 0) is 0 Å². The third-order valence-corrected chi connectivity index (χ3v) is 7.38. The molecule has 0 radical (unpaired) electrons. The number of nitriles is 2. The van der Waals surface area contributed by atoms with E-state index in [0.717, 1.165) is 15.9 Å². The van der Waals surface area contributed by atoms with Gasteiger partial charge in [-0.2, -0.15) is 10.5 Å². The number of allylic oxidation sites excluding steroid dienone is 1. The third kappa shape index (κ3) is 3.51. The molecule has 0 bridgehead atoms. The highest BCUT2D eigenvalue weighted by atomic mass is 35.5. The van der Waals surface area contributed by atoms with Crippen molar-refractivity contribution in [3.63, 3.8) is 0 Å². The van der Waals surface area contributed by atoms with Crippen molar-refractivity contribution in [3.05, 3.63) is 92.7 Å². The number of nitrogens with two attached hydrogens (primary N) is 1. The molecule has 3 aromatic rings. The molecule has 0 saturated carbocycles. The van der Waals surface area contributed by atoms with Crippen LogP contribution in [0, 0.1) is 22.7 Å². The predicted molar refractivity (Wildman–Crippen MR) is 129 cm³/mol. The molecule has 1 aliphatic rings. The first-order valence-corrected chi connectivity index (χ1v) is 11.3. The average molecular weight is 520 g/mol. The summed E-state index contributed by atoms with van der Waals surface area (Å²) >= 11 is 26.3. The summed E-state index contributed by atoms with van der Waals surface area (Å²) < 4.78 is 1.68. The molecule has 2 heterocycles. The molecule has 4 rings (SSSR count). The maximum Gasteiger partial charge on any atom is 0.274 e. The van der Waals surface area contributed by atoms with Gasteiger partial charge >= 0.3 is 0 Å². The number of aromatic nitrogens is 1. The fourth-order valence-electron chi connectivity index (χ4n) is 3.51. The molecule has 0 saturated heterocycles. The van der Waals surface area contributed by atoms with E-state index in [1.165, 1.54) is 6.08 Å². The molecule has 0 amide bonds. The molecule has 2 N–H and O–H groups in total. The summed E-state index contributed by atoms with van der Waals surface area (Å²) in [5.74, 6) is -1.00. The highest BCUT2D eigenvalue weighted by Crippen LogP contribution is 2.42. The van der Waals surface area contributed by atoms with Gasteiger partial charge in [0, 0.05) is 31.2 Å². The zero-order chi connectivity index (χ0) is 23.2. The number of rotatable bonds is 2. The van der Waals surface area contributed by atoms with Crippen LogP contribution in [0.15, 0.2) is 46.8 Å². The lowest BCUT2D eigenvalue weighted by atomic mass is 9.84. The van der Waals surface area contributed by atoms with Crippen LogP contribution in [0.5, 0.6) is 0 Å². The van der Waals surface area contributed by atoms with Gasteiger partial charge in [0.2, 0.25) is 0 Å². The van der Waals surface area contributed by atoms with E-state index in [2.05, 4.69) is 6.07 Å². The van der Waals surface area contributed by atoms with Crippen LogP contribution < -0.4 is 20.5 Å². The maximum atomic E-state index is 13.2.